The first-order valence-electron chi connectivity index (χ1n) is 11.6. The molecule has 5 rings (SSSR count). The van der Waals surface area contributed by atoms with Crippen molar-refractivity contribution < 1.29 is 14.6 Å². The number of ether oxygens (including phenoxy) is 1. The summed E-state index contributed by atoms with van der Waals surface area (Å²) in [5, 5.41) is 15.1. The lowest BCUT2D eigenvalue weighted by Crippen LogP contribution is -2.44. The van der Waals surface area contributed by atoms with Gasteiger partial charge in [0.05, 0.1) is 16.7 Å². The van der Waals surface area contributed by atoms with Crippen LogP contribution in [0.1, 0.15) is 49.2 Å². The zero-order chi connectivity index (χ0) is 24.3. The molecule has 0 bridgehead atoms. The number of hydrogen-bond acceptors (Lipinski definition) is 8. The van der Waals surface area contributed by atoms with Gasteiger partial charge in [0.15, 0.2) is 0 Å². The lowest BCUT2D eigenvalue weighted by molar-refractivity contribution is 0.00954. The SMILES string of the molecule is CN1CCN(c2cc(C(C)(C)O)c3nc(Nc4ccc5c(c4)C(C)(C)OC5=O)ncc3c2)CC1. The van der Waals surface area contributed by atoms with Gasteiger partial charge in [-0.1, -0.05) is 0 Å². The van der Waals surface area contributed by atoms with Gasteiger partial charge in [-0.05, 0) is 65.1 Å². The van der Waals surface area contributed by atoms with Crippen LogP contribution in [0.4, 0.5) is 17.3 Å². The van der Waals surface area contributed by atoms with E-state index in [1.54, 1.807) is 26.1 Å². The zero-order valence-corrected chi connectivity index (χ0v) is 20.3. The van der Waals surface area contributed by atoms with Crippen molar-refractivity contribution in [2.45, 2.75) is 38.9 Å². The van der Waals surface area contributed by atoms with Crippen molar-refractivity contribution in [2.75, 3.05) is 43.4 Å². The third-order valence-corrected chi connectivity index (χ3v) is 6.69. The van der Waals surface area contributed by atoms with Crippen molar-refractivity contribution in [2.24, 2.45) is 0 Å². The molecule has 0 spiro atoms. The van der Waals surface area contributed by atoms with Gasteiger partial charge in [-0.3, -0.25) is 0 Å². The Morgan fingerprint density at radius 2 is 1.85 bits per heavy atom. The van der Waals surface area contributed by atoms with Crippen LogP contribution >= 0.6 is 0 Å². The predicted molar refractivity (Wildman–Crippen MR) is 133 cm³/mol. The van der Waals surface area contributed by atoms with E-state index in [1.165, 1.54) is 0 Å². The average Bonchev–Trinajstić information content (AvgIpc) is 3.00. The molecule has 0 aliphatic carbocycles. The maximum atomic E-state index is 12.1. The summed E-state index contributed by atoms with van der Waals surface area (Å²) in [6.45, 7) is 11.2. The number of benzene rings is 2. The molecule has 0 atom stereocenters. The second-order valence-corrected chi connectivity index (χ2v) is 10.3. The molecule has 0 amide bonds. The number of cyclic esters (lactones) is 1. The minimum absolute atomic E-state index is 0.306. The molecule has 0 radical (unpaired) electrons. The highest BCUT2D eigenvalue weighted by Crippen LogP contribution is 2.38. The monoisotopic (exact) mass is 461 g/mol. The molecule has 0 unspecified atom stereocenters. The summed E-state index contributed by atoms with van der Waals surface area (Å²) < 4.78 is 5.47. The Labute approximate surface area is 199 Å². The molecule has 1 aromatic heterocycles. The van der Waals surface area contributed by atoms with Gasteiger partial charge < -0.3 is 25.0 Å². The molecule has 2 aromatic carbocycles. The number of hydrogen-bond donors (Lipinski definition) is 2. The minimum Gasteiger partial charge on any atom is -0.451 e. The number of nitrogens with zero attached hydrogens (tertiary/aromatic N) is 4. The smallest absolute Gasteiger partial charge is 0.339 e. The van der Waals surface area contributed by atoms with Crippen LogP contribution in [0.25, 0.3) is 10.9 Å². The molecule has 1 saturated heterocycles. The maximum absolute atomic E-state index is 12.1. The van der Waals surface area contributed by atoms with Crippen molar-refractivity contribution in [1.82, 2.24) is 14.9 Å². The van der Waals surface area contributed by atoms with E-state index < -0.39 is 11.2 Å². The van der Waals surface area contributed by atoms with Gasteiger partial charge >= 0.3 is 5.97 Å². The molecular weight excluding hydrogens is 430 g/mol. The fourth-order valence-corrected chi connectivity index (χ4v) is 4.67. The number of aromatic nitrogens is 2. The van der Waals surface area contributed by atoms with Crippen molar-refractivity contribution in [3.63, 3.8) is 0 Å². The topological polar surface area (TPSA) is 90.8 Å². The first-order chi connectivity index (χ1) is 16.0. The van der Waals surface area contributed by atoms with E-state index in [9.17, 15) is 9.90 Å². The van der Waals surface area contributed by atoms with Crippen LogP contribution < -0.4 is 10.2 Å². The van der Waals surface area contributed by atoms with E-state index in [2.05, 4.69) is 33.2 Å². The average molecular weight is 462 g/mol. The number of aliphatic hydroxyl groups is 1. The van der Waals surface area contributed by atoms with E-state index in [0.29, 0.717) is 17.0 Å². The Morgan fingerprint density at radius 3 is 2.56 bits per heavy atom. The first kappa shape index (κ1) is 22.6. The minimum atomic E-state index is -1.07. The highest BCUT2D eigenvalue weighted by Gasteiger charge is 2.37. The van der Waals surface area contributed by atoms with E-state index in [-0.39, 0.29) is 5.97 Å². The summed E-state index contributed by atoms with van der Waals surface area (Å²) in [5.74, 6) is 0.118. The van der Waals surface area contributed by atoms with E-state index >= 15 is 0 Å². The van der Waals surface area contributed by atoms with Crippen LogP contribution in [0.5, 0.6) is 0 Å². The highest BCUT2D eigenvalue weighted by molar-refractivity contribution is 5.95. The van der Waals surface area contributed by atoms with Gasteiger partial charge in [0.1, 0.15) is 5.60 Å². The van der Waals surface area contributed by atoms with Crippen LogP contribution in [-0.4, -0.2) is 59.2 Å². The Balaban J connectivity index is 1.51. The van der Waals surface area contributed by atoms with E-state index in [4.69, 9.17) is 9.72 Å². The Hall–Kier alpha value is -3.23. The standard InChI is InChI=1S/C26H31N5O3/c1-25(2,33)21-14-18(31-10-8-30(5)9-11-31)12-16-15-27-24(29-22(16)21)28-17-6-7-19-20(13-17)26(3,4)34-23(19)32/h6-7,12-15,33H,8-11H2,1-5H3,(H,27,28,29). The molecule has 178 valence electrons. The van der Waals surface area contributed by atoms with Crippen LogP contribution in [-0.2, 0) is 15.9 Å². The fraction of sp³-hybridized carbons (Fsp3) is 0.423. The Kier molecular flexibility index (Phi) is 5.26. The van der Waals surface area contributed by atoms with Crippen LogP contribution in [0.2, 0.25) is 0 Å². The maximum Gasteiger partial charge on any atom is 0.339 e. The molecule has 2 aliphatic rings. The van der Waals surface area contributed by atoms with E-state index in [1.807, 2.05) is 32.0 Å². The molecule has 8 heteroatoms. The number of carbonyl (C=O) groups is 1. The van der Waals surface area contributed by atoms with Gasteiger partial charge in [-0.2, -0.15) is 0 Å². The van der Waals surface area contributed by atoms with Gasteiger partial charge in [-0.15, -0.1) is 0 Å². The Bertz CT molecular complexity index is 1270. The normalized spacial score (nSPS) is 18.2. The van der Waals surface area contributed by atoms with Gasteiger partial charge in [0.2, 0.25) is 5.95 Å². The molecular formula is C26H31N5O3. The quantitative estimate of drug-likeness (QED) is 0.568. The number of esters is 1. The summed E-state index contributed by atoms with van der Waals surface area (Å²) in [6, 6.07) is 9.63. The molecule has 3 heterocycles. The molecule has 34 heavy (non-hydrogen) atoms. The molecule has 2 aliphatic heterocycles. The third kappa shape index (κ3) is 4.08. The molecule has 2 N–H and O–H groups in total. The summed E-state index contributed by atoms with van der Waals surface area (Å²) >= 11 is 0. The number of nitrogens with one attached hydrogen (secondary N) is 1. The van der Waals surface area contributed by atoms with Crippen LogP contribution in [0, 0.1) is 0 Å². The summed E-state index contributed by atoms with van der Waals surface area (Å²) in [5.41, 5.74) is 2.98. The van der Waals surface area contributed by atoms with Crippen molar-refractivity contribution in [3.05, 3.63) is 53.2 Å². The number of piperazine rings is 1. The number of likely N-dealkylation sites (N-methyl/N-ethyl adjacent to an activating group) is 1. The van der Waals surface area contributed by atoms with Gasteiger partial charge in [0, 0.05) is 60.3 Å². The highest BCUT2D eigenvalue weighted by atomic mass is 16.6. The number of carbonyl (C=O) groups excluding carboxylic acids is 1. The van der Waals surface area contributed by atoms with Gasteiger partial charge in [0.25, 0.3) is 0 Å². The molecule has 1 fully saturated rings. The molecule has 3 aromatic rings. The fourth-order valence-electron chi connectivity index (χ4n) is 4.67. The zero-order valence-electron chi connectivity index (χ0n) is 20.3. The van der Waals surface area contributed by atoms with Crippen LogP contribution in [0.15, 0.2) is 36.5 Å². The van der Waals surface area contributed by atoms with Crippen molar-refractivity contribution in [1.29, 1.82) is 0 Å². The molecule has 8 nitrogen and oxygen atoms in total. The lowest BCUT2D eigenvalue weighted by Gasteiger charge is -2.35. The second kappa shape index (κ2) is 7.92. The summed E-state index contributed by atoms with van der Waals surface area (Å²) in [4.78, 5) is 26.1. The lowest BCUT2D eigenvalue weighted by atomic mass is 9.94. The molecule has 0 saturated carbocycles. The number of rotatable bonds is 4. The van der Waals surface area contributed by atoms with Crippen LogP contribution in [0.3, 0.4) is 0 Å². The second-order valence-electron chi connectivity index (χ2n) is 10.3. The number of anilines is 3. The number of fused-ring (bicyclic) bond motifs is 2. The summed E-state index contributed by atoms with van der Waals surface area (Å²) in [7, 11) is 2.13. The summed E-state index contributed by atoms with van der Waals surface area (Å²) in [6.07, 6.45) is 1.80. The first-order valence-corrected chi connectivity index (χ1v) is 11.6. The third-order valence-electron chi connectivity index (χ3n) is 6.69. The van der Waals surface area contributed by atoms with Crippen molar-refractivity contribution >= 4 is 34.2 Å². The van der Waals surface area contributed by atoms with E-state index in [0.717, 1.165) is 54.1 Å². The van der Waals surface area contributed by atoms with Gasteiger partial charge in [-0.25, -0.2) is 14.8 Å². The predicted octanol–water partition coefficient (Wildman–Crippen LogP) is 3.76. The van der Waals surface area contributed by atoms with Crippen molar-refractivity contribution in [3.8, 4) is 0 Å². The largest absolute Gasteiger partial charge is 0.451 e. The Morgan fingerprint density at radius 1 is 1.12 bits per heavy atom.